The highest BCUT2D eigenvalue weighted by Crippen LogP contribution is 2.50. The highest BCUT2D eigenvalue weighted by molar-refractivity contribution is 5.78. The predicted molar refractivity (Wildman–Crippen MR) is 62.3 cm³/mol. The van der Waals surface area contributed by atoms with Gasteiger partial charge in [0.15, 0.2) is 0 Å². The van der Waals surface area contributed by atoms with Gasteiger partial charge in [-0.1, -0.05) is 12.1 Å². The second-order valence-corrected chi connectivity index (χ2v) is 4.73. The summed E-state index contributed by atoms with van der Waals surface area (Å²) in [4.78, 5) is 11.5. The molecule has 2 N–H and O–H groups in total. The molecular formula is C13H14F3NO2. The van der Waals surface area contributed by atoms with Crippen LogP contribution in [0.5, 0.6) is 0 Å². The molecule has 6 heteroatoms. The summed E-state index contributed by atoms with van der Waals surface area (Å²) >= 11 is 0. The molecule has 1 aromatic carbocycles. The number of esters is 1. The second-order valence-electron chi connectivity index (χ2n) is 4.73. The van der Waals surface area contributed by atoms with E-state index in [2.05, 4.69) is 4.74 Å². The van der Waals surface area contributed by atoms with Crippen molar-refractivity contribution in [3.8, 4) is 0 Å². The van der Waals surface area contributed by atoms with E-state index in [0.717, 1.165) is 12.1 Å². The molecule has 2 rings (SSSR count). The van der Waals surface area contributed by atoms with E-state index in [9.17, 15) is 18.0 Å². The van der Waals surface area contributed by atoms with E-state index < -0.39 is 29.2 Å². The van der Waals surface area contributed by atoms with Crippen molar-refractivity contribution in [2.24, 2.45) is 5.73 Å². The minimum Gasteiger partial charge on any atom is -0.468 e. The molecule has 0 saturated heterocycles. The van der Waals surface area contributed by atoms with E-state index >= 15 is 0 Å². The third-order valence-electron chi connectivity index (χ3n) is 3.63. The van der Waals surface area contributed by atoms with Crippen LogP contribution in [0, 0.1) is 0 Å². The first-order valence-corrected chi connectivity index (χ1v) is 5.82. The summed E-state index contributed by atoms with van der Waals surface area (Å²) in [6.07, 6.45) is -3.01. The van der Waals surface area contributed by atoms with Gasteiger partial charge < -0.3 is 10.5 Å². The standard InChI is InChI=1S/C13H14F3NO2/c1-19-11(18)10(17)12(6-7-12)8-2-4-9(5-3-8)13(14,15)16/h2-5,10H,6-7,17H2,1H3. The lowest BCUT2D eigenvalue weighted by atomic mass is 9.88. The number of nitrogens with two attached hydrogens (primary N) is 1. The van der Waals surface area contributed by atoms with Gasteiger partial charge >= 0.3 is 12.1 Å². The Bertz CT molecular complexity index is 478. The molecule has 0 spiro atoms. The van der Waals surface area contributed by atoms with Crippen molar-refractivity contribution in [1.82, 2.24) is 0 Å². The van der Waals surface area contributed by atoms with E-state index in [-0.39, 0.29) is 0 Å². The average Bonchev–Trinajstić information content (AvgIpc) is 3.17. The maximum atomic E-state index is 12.5. The van der Waals surface area contributed by atoms with E-state index in [0.29, 0.717) is 18.4 Å². The number of carbonyl (C=O) groups excluding carboxylic acids is 1. The highest BCUT2D eigenvalue weighted by atomic mass is 19.4. The van der Waals surface area contributed by atoms with Gasteiger partial charge in [0, 0.05) is 5.41 Å². The van der Waals surface area contributed by atoms with Gasteiger partial charge in [-0.3, -0.25) is 4.79 Å². The van der Waals surface area contributed by atoms with Crippen LogP contribution < -0.4 is 5.73 Å². The van der Waals surface area contributed by atoms with E-state index in [4.69, 9.17) is 5.73 Å². The van der Waals surface area contributed by atoms with Crippen molar-refractivity contribution in [3.05, 3.63) is 35.4 Å². The fourth-order valence-electron chi connectivity index (χ4n) is 2.26. The Morgan fingerprint density at radius 2 is 1.84 bits per heavy atom. The van der Waals surface area contributed by atoms with E-state index in [1.54, 1.807) is 0 Å². The summed E-state index contributed by atoms with van der Waals surface area (Å²) in [7, 11) is 1.24. The molecule has 0 bridgehead atoms. The normalized spacial score (nSPS) is 18.8. The molecule has 19 heavy (non-hydrogen) atoms. The lowest BCUT2D eigenvalue weighted by molar-refractivity contribution is -0.143. The Balaban J connectivity index is 2.25. The number of hydrogen-bond donors (Lipinski definition) is 1. The smallest absolute Gasteiger partial charge is 0.416 e. The molecule has 0 radical (unpaired) electrons. The third kappa shape index (κ3) is 2.45. The van der Waals surface area contributed by atoms with Crippen molar-refractivity contribution in [3.63, 3.8) is 0 Å². The Morgan fingerprint density at radius 1 is 1.32 bits per heavy atom. The number of ether oxygens (including phenoxy) is 1. The van der Waals surface area contributed by atoms with Gasteiger partial charge in [-0.25, -0.2) is 0 Å². The van der Waals surface area contributed by atoms with Crippen LogP contribution in [0.25, 0.3) is 0 Å². The van der Waals surface area contributed by atoms with Gasteiger partial charge in [0.2, 0.25) is 0 Å². The third-order valence-corrected chi connectivity index (χ3v) is 3.63. The molecular weight excluding hydrogens is 259 g/mol. The van der Waals surface area contributed by atoms with Crippen LogP contribution in [-0.4, -0.2) is 19.1 Å². The maximum absolute atomic E-state index is 12.5. The molecule has 0 amide bonds. The molecule has 3 nitrogen and oxygen atoms in total. The number of benzene rings is 1. The molecule has 104 valence electrons. The number of carbonyl (C=O) groups is 1. The van der Waals surface area contributed by atoms with Crippen LogP contribution in [0.2, 0.25) is 0 Å². The topological polar surface area (TPSA) is 52.3 Å². The predicted octanol–water partition coefficient (Wildman–Crippen LogP) is 2.24. The van der Waals surface area contributed by atoms with Gasteiger partial charge in [0.1, 0.15) is 6.04 Å². The molecule has 0 heterocycles. The molecule has 1 fully saturated rings. The first kappa shape index (κ1) is 13.9. The quantitative estimate of drug-likeness (QED) is 0.859. The van der Waals surface area contributed by atoms with Gasteiger partial charge in [-0.15, -0.1) is 0 Å². The molecule has 1 saturated carbocycles. The molecule has 0 aromatic heterocycles. The van der Waals surface area contributed by atoms with Crippen LogP contribution in [0.1, 0.15) is 24.0 Å². The second kappa shape index (κ2) is 4.52. The Hall–Kier alpha value is -1.56. The van der Waals surface area contributed by atoms with Crippen molar-refractivity contribution in [2.45, 2.75) is 30.5 Å². The molecule has 1 aliphatic rings. The lowest BCUT2D eigenvalue weighted by Gasteiger charge is -2.22. The van der Waals surface area contributed by atoms with Crippen molar-refractivity contribution in [2.75, 3.05) is 7.11 Å². The van der Waals surface area contributed by atoms with Crippen molar-refractivity contribution >= 4 is 5.97 Å². The minimum atomic E-state index is -4.36. The molecule has 1 atom stereocenters. The van der Waals surface area contributed by atoms with E-state index in [1.807, 2.05) is 0 Å². The zero-order chi connectivity index (χ0) is 14.3. The minimum absolute atomic E-state index is 0.544. The van der Waals surface area contributed by atoms with Crippen LogP contribution in [0.3, 0.4) is 0 Å². The Morgan fingerprint density at radius 3 is 2.21 bits per heavy atom. The van der Waals surface area contributed by atoms with Crippen LogP contribution in [-0.2, 0) is 21.1 Å². The SMILES string of the molecule is COC(=O)C(N)C1(c2ccc(C(F)(F)F)cc2)CC1. The fourth-order valence-corrected chi connectivity index (χ4v) is 2.26. The molecule has 1 unspecified atom stereocenters. The maximum Gasteiger partial charge on any atom is 0.416 e. The summed E-state index contributed by atoms with van der Waals surface area (Å²) in [5.74, 6) is -0.544. The Kier molecular flexibility index (Phi) is 3.30. The van der Waals surface area contributed by atoms with E-state index in [1.165, 1.54) is 19.2 Å². The summed E-state index contributed by atoms with van der Waals surface area (Å²) < 4.78 is 42.0. The van der Waals surface area contributed by atoms with Gasteiger partial charge in [-0.05, 0) is 30.5 Å². The van der Waals surface area contributed by atoms with Crippen molar-refractivity contribution < 1.29 is 22.7 Å². The molecule has 1 aromatic rings. The van der Waals surface area contributed by atoms with Gasteiger partial charge in [0.25, 0.3) is 0 Å². The number of rotatable bonds is 3. The fraction of sp³-hybridized carbons (Fsp3) is 0.462. The highest BCUT2D eigenvalue weighted by Gasteiger charge is 2.52. The molecule has 1 aliphatic carbocycles. The molecule has 0 aliphatic heterocycles. The monoisotopic (exact) mass is 273 g/mol. The average molecular weight is 273 g/mol. The van der Waals surface area contributed by atoms with Crippen LogP contribution >= 0.6 is 0 Å². The van der Waals surface area contributed by atoms with Gasteiger partial charge in [0.05, 0.1) is 12.7 Å². The lowest BCUT2D eigenvalue weighted by Crippen LogP contribution is -2.42. The first-order valence-electron chi connectivity index (χ1n) is 5.82. The van der Waals surface area contributed by atoms with Crippen molar-refractivity contribution in [1.29, 1.82) is 0 Å². The zero-order valence-electron chi connectivity index (χ0n) is 10.3. The summed E-state index contributed by atoms with van der Waals surface area (Å²) in [6, 6.07) is 3.96. The largest absolute Gasteiger partial charge is 0.468 e. The van der Waals surface area contributed by atoms with Gasteiger partial charge in [-0.2, -0.15) is 13.2 Å². The zero-order valence-corrected chi connectivity index (χ0v) is 10.3. The number of halogens is 3. The number of methoxy groups -OCH3 is 1. The first-order chi connectivity index (χ1) is 8.81. The summed E-state index contributed by atoms with van der Waals surface area (Å²) in [5.41, 5.74) is 5.20. The van der Waals surface area contributed by atoms with Crippen LogP contribution in [0.15, 0.2) is 24.3 Å². The number of hydrogen-bond acceptors (Lipinski definition) is 3. The number of alkyl halides is 3. The summed E-state index contributed by atoms with van der Waals surface area (Å²) in [6.45, 7) is 0. The summed E-state index contributed by atoms with van der Waals surface area (Å²) in [5, 5.41) is 0. The van der Waals surface area contributed by atoms with Crippen LogP contribution in [0.4, 0.5) is 13.2 Å². The Labute approximate surface area is 108 Å².